The Hall–Kier alpha value is -3.80. The molecular formula is C30H33N3O4S. The van der Waals surface area contributed by atoms with E-state index in [-0.39, 0.29) is 5.75 Å². The Labute approximate surface area is 225 Å². The standard InChI is InChI=1S/C30H33N3O4S/c1-30(2,3)38(36,37)31-29(35)25-13-15-27(16-14-25)33-19-17-32(18-20-33)22-26-9-5-4-8-24(26)12-11-23-7-6-10-28(34)21-23/h4-10,13-16,21,34H,17-20,22H2,1-3H3,(H,31,35). The number of benzene rings is 3. The van der Waals surface area contributed by atoms with Crippen LogP contribution in [0.2, 0.25) is 0 Å². The number of carbonyl (C=O) groups excluding carboxylic acids is 1. The van der Waals surface area contributed by atoms with Crippen LogP contribution in [0.25, 0.3) is 0 Å². The van der Waals surface area contributed by atoms with Gasteiger partial charge in [-0.25, -0.2) is 13.1 Å². The lowest BCUT2D eigenvalue weighted by molar-refractivity contribution is 0.0980. The van der Waals surface area contributed by atoms with Crippen LogP contribution < -0.4 is 9.62 Å². The summed E-state index contributed by atoms with van der Waals surface area (Å²) in [6.45, 7) is 8.86. The number of nitrogens with one attached hydrogen (secondary N) is 1. The highest BCUT2D eigenvalue weighted by atomic mass is 32.2. The Balaban J connectivity index is 1.35. The van der Waals surface area contributed by atoms with E-state index >= 15 is 0 Å². The van der Waals surface area contributed by atoms with Crippen LogP contribution in [-0.4, -0.2) is 55.3 Å². The maximum absolute atomic E-state index is 12.4. The molecule has 0 aromatic heterocycles. The molecule has 38 heavy (non-hydrogen) atoms. The maximum atomic E-state index is 12.4. The summed E-state index contributed by atoms with van der Waals surface area (Å²) < 4.78 is 25.7. The van der Waals surface area contributed by atoms with Crippen molar-refractivity contribution in [1.82, 2.24) is 9.62 Å². The van der Waals surface area contributed by atoms with Gasteiger partial charge in [0.15, 0.2) is 0 Å². The van der Waals surface area contributed by atoms with Gasteiger partial charge in [-0.2, -0.15) is 0 Å². The molecule has 198 valence electrons. The molecule has 0 saturated carbocycles. The first kappa shape index (κ1) is 27.2. The van der Waals surface area contributed by atoms with Gasteiger partial charge in [-0.15, -0.1) is 0 Å². The van der Waals surface area contributed by atoms with Crippen molar-refractivity contribution in [2.45, 2.75) is 32.1 Å². The molecule has 0 spiro atoms. The minimum absolute atomic E-state index is 0.203. The summed E-state index contributed by atoms with van der Waals surface area (Å²) in [5.41, 5.74) is 4.21. The minimum atomic E-state index is -3.76. The molecule has 1 aliphatic heterocycles. The van der Waals surface area contributed by atoms with E-state index in [1.165, 1.54) is 0 Å². The molecule has 3 aromatic carbocycles. The Morgan fingerprint density at radius 2 is 1.61 bits per heavy atom. The zero-order valence-electron chi connectivity index (χ0n) is 21.9. The van der Waals surface area contributed by atoms with Gasteiger partial charge in [-0.1, -0.05) is 36.1 Å². The smallest absolute Gasteiger partial charge is 0.264 e. The molecule has 3 aromatic rings. The van der Waals surface area contributed by atoms with Crippen molar-refractivity contribution in [2.24, 2.45) is 0 Å². The number of aromatic hydroxyl groups is 1. The van der Waals surface area contributed by atoms with Crippen molar-refractivity contribution in [3.63, 3.8) is 0 Å². The van der Waals surface area contributed by atoms with Gasteiger partial charge in [0.1, 0.15) is 5.75 Å². The van der Waals surface area contributed by atoms with Crippen molar-refractivity contribution in [2.75, 3.05) is 31.1 Å². The molecule has 1 heterocycles. The molecule has 4 rings (SSSR count). The third kappa shape index (κ3) is 6.74. The van der Waals surface area contributed by atoms with Gasteiger partial charge in [0, 0.05) is 55.1 Å². The van der Waals surface area contributed by atoms with Crippen LogP contribution in [0.1, 0.15) is 47.8 Å². The van der Waals surface area contributed by atoms with Gasteiger partial charge in [0.2, 0.25) is 10.0 Å². The second-order valence-electron chi connectivity index (χ2n) is 10.3. The van der Waals surface area contributed by atoms with Crippen molar-refractivity contribution in [3.05, 3.63) is 95.1 Å². The van der Waals surface area contributed by atoms with Crippen LogP contribution in [0.4, 0.5) is 5.69 Å². The fraction of sp³-hybridized carbons (Fsp3) is 0.300. The van der Waals surface area contributed by atoms with E-state index in [9.17, 15) is 18.3 Å². The Morgan fingerprint density at radius 3 is 2.26 bits per heavy atom. The van der Waals surface area contributed by atoms with E-state index in [0.29, 0.717) is 5.56 Å². The van der Waals surface area contributed by atoms with Crippen molar-refractivity contribution in [3.8, 4) is 17.6 Å². The summed E-state index contributed by atoms with van der Waals surface area (Å²) in [5.74, 6) is 5.97. The highest BCUT2D eigenvalue weighted by Crippen LogP contribution is 2.20. The monoisotopic (exact) mass is 531 g/mol. The summed E-state index contributed by atoms with van der Waals surface area (Å²) in [4.78, 5) is 17.1. The molecule has 1 saturated heterocycles. The first-order valence-electron chi connectivity index (χ1n) is 12.5. The van der Waals surface area contributed by atoms with E-state index in [2.05, 4.69) is 32.4 Å². The molecule has 1 aliphatic rings. The lowest BCUT2D eigenvalue weighted by Crippen LogP contribution is -2.46. The van der Waals surface area contributed by atoms with Crippen LogP contribution in [-0.2, 0) is 16.6 Å². The summed E-state index contributed by atoms with van der Waals surface area (Å²) in [5, 5.41) is 9.67. The fourth-order valence-electron chi connectivity index (χ4n) is 4.07. The van der Waals surface area contributed by atoms with Gasteiger partial charge in [0.05, 0.1) is 4.75 Å². The summed E-state index contributed by atoms with van der Waals surface area (Å²) in [7, 11) is -3.76. The van der Waals surface area contributed by atoms with E-state index < -0.39 is 20.7 Å². The van der Waals surface area contributed by atoms with Crippen molar-refractivity contribution in [1.29, 1.82) is 0 Å². The number of carbonyl (C=O) groups is 1. The van der Waals surface area contributed by atoms with Gasteiger partial charge in [-0.05, 0) is 74.9 Å². The van der Waals surface area contributed by atoms with Crippen LogP contribution in [0, 0.1) is 11.8 Å². The first-order valence-corrected chi connectivity index (χ1v) is 14.0. The van der Waals surface area contributed by atoms with Gasteiger partial charge in [0.25, 0.3) is 5.91 Å². The quantitative estimate of drug-likeness (QED) is 0.485. The van der Waals surface area contributed by atoms with E-state index in [0.717, 1.165) is 55.1 Å². The lowest BCUT2D eigenvalue weighted by atomic mass is 10.1. The maximum Gasteiger partial charge on any atom is 0.264 e. The number of phenols is 1. The summed E-state index contributed by atoms with van der Waals surface area (Å²) in [6.07, 6.45) is 0. The Bertz CT molecular complexity index is 1460. The summed E-state index contributed by atoms with van der Waals surface area (Å²) in [6, 6.07) is 22.1. The minimum Gasteiger partial charge on any atom is -0.508 e. The van der Waals surface area contributed by atoms with Gasteiger partial charge < -0.3 is 10.0 Å². The number of piperazine rings is 1. The number of sulfonamides is 1. The van der Waals surface area contributed by atoms with E-state index in [1.807, 2.05) is 36.4 Å². The molecule has 0 radical (unpaired) electrons. The molecule has 1 amide bonds. The van der Waals surface area contributed by atoms with Crippen molar-refractivity contribution >= 4 is 21.6 Å². The SMILES string of the molecule is CC(C)(C)S(=O)(=O)NC(=O)c1ccc(N2CCN(Cc3ccccc3C#Cc3cccc(O)c3)CC2)cc1. The average Bonchev–Trinajstić information content (AvgIpc) is 2.88. The molecule has 0 bridgehead atoms. The van der Waals surface area contributed by atoms with E-state index in [1.54, 1.807) is 51.1 Å². The predicted octanol–water partition coefficient (Wildman–Crippen LogP) is 3.97. The van der Waals surface area contributed by atoms with Crippen LogP contribution >= 0.6 is 0 Å². The molecule has 7 nitrogen and oxygen atoms in total. The summed E-state index contributed by atoms with van der Waals surface area (Å²) >= 11 is 0. The van der Waals surface area contributed by atoms with Crippen molar-refractivity contribution < 1.29 is 18.3 Å². The third-order valence-electron chi connectivity index (χ3n) is 6.50. The van der Waals surface area contributed by atoms with Gasteiger partial charge in [-0.3, -0.25) is 9.69 Å². The number of hydrogen-bond acceptors (Lipinski definition) is 6. The zero-order chi connectivity index (χ0) is 27.3. The Kier molecular flexibility index (Phi) is 8.10. The number of hydrogen-bond donors (Lipinski definition) is 2. The number of nitrogens with zero attached hydrogens (tertiary/aromatic N) is 2. The molecule has 2 N–H and O–H groups in total. The second-order valence-corrected chi connectivity index (χ2v) is 12.8. The van der Waals surface area contributed by atoms with Crippen LogP contribution in [0.3, 0.4) is 0 Å². The molecule has 1 fully saturated rings. The third-order valence-corrected chi connectivity index (χ3v) is 8.57. The number of rotatable bonds is 5. The Morgan fingerprint density at radius 1 is 0.921 bits per heavy atom. The normalized spacial score (nSPS) is 14.4. The zero-order valence-corrected chi connectivity index (χ0v) is 22.8. The molecule has 0 unspecified atom stereocenters. The molecular weight excluding hydrogens is 498 g/mol. The molecule has 0 aliphatic carbocycles. The predicted molar refractivity (Wildman–Crippen MR) is 151 cm³/mol. The van der Waals surface area contributed by atoms with Crippen LogP contribution in [0.15, 0.2) is 72.8 Å². The first-order chi connectivity index (χ1) is 18.0. The highest BCUT2D eigenvalue weighted by molar-refractivity contribution is 7.91. The molecule has 8 heteroatoms. The topological polar surface area (TPSA) is 90.0 Å². The number of amides is 1. The van der Waals surface area contributed by atoms with Crippen LogP contribution in [0.5, 0.6) is 5.75 Å². The molecule has 0 atom stereocenters. The number of phenolic OH excluding ortho intramolecular Hbond substituents is 1. The highest BCUT2D eigenvalue weighted by Gasteiger charge is 2.31. The fourth-order valence-corrected chi connectivity index (χ4v) is 4.73. The largest absolute Gasteiger partial charge is 0.508 e. The average molecular weight is 532 g/mol. The second kappa shape index (κ2) is 11.3. The van der Waals surface area contributed by atoms with E-state index in [4.69, 9.17) is 0 Å². The number of anilines is 1. The lowest BCUT2D eigenvalue weighted by Gasteiger charge is -2.36. The van der Waals surface area contributed by atoms with Gasteiger partial charge >= 0.3 is 0 Å².